The molecular weight excluding hydrogens is 228 g/mol. The first-order valence-electron chi connectivity index (χ1n) is 6.70. The Morgan fingerprint density at radius 1 is 1.44 bits per heavy atom. The van der Waals surface area contributed by atoms with Crippen LogP contribution in [0.5, 0.6) is 5.75 Å². The Morgan fingerprint density at radius 3 is 3.06 bits per heavy atom. The number of pyridine rings is 1. The van der Waals surface area contributed by atoms with E-state index in [9.17, 15) is 0 Å². The number of hydrogen-bond acceptors (Lipinski definition) is 4. The standard InChI is InChI=1S/C14H22N2O2/c1-3-15-9-12-6-7-13(18-12)10-17-14-5-4-8-16-11(14)2/h4-5,8,12-13,15H,3,6-7,9-10H2,1-2H3. The molecule has 0 aliphatic carbocycles. The lowest BCUT2D eigenvalue weighted by atomic mass is 10.2. The third-order valence-electron chi connectivity index (χ3n) is 3.20. The van der Waals surface area contributed by atoms with Crippen molar-refractivity contribution in [3.63, 3.8) is 0 Å². The van der Waals surface area contributed by atoms with Crippen LogP contribution in [0.4, 0.5) is 0 Å². The van der Waals surface area contributed by atoms with Crippen molar-refractivity contribution in [2.75, 3.05) is 19.7 Å². The molecule has 0 spiro atoms. The van der Waals surface area contributed by atoms with Crippen LogP contribution in [0, 0.1) is 6.92 Å². The number of ether oxygens (including phenoxy) is 2. The number of aromatic nitrogens is 1. The molecule has 0 saturated carbocycles. The van der Waals surface area contributed by atoms with Gasteiger partial charge in [-0.05, 0) is 38.4 Å². The molecule has 1 aliphatic heterocycles. The summed E-state index contributed by atoms with van der Waals surface area (Å²) in [6.45, 7) is 6.63. The molecule has 1 aromatic rings. The summed E-state index contributed by atoms with van der Waals surface area (Å²) in [6.07, 6.45) is 4.53. The fourth-order valence-corrected chi connectivity index (χ4v) is 2.16. The van der Waals surface area contributed by atoms with Crippen LogP contribution in [0.15, 0.2) is 18.3 Å². The maximum Gasteiger partial charge on any atom is 0.140 e. The highest BCUT2D eigenvalue weighted by atomic mass is 16.5. The minimum absolute atomic E-state index is 0.216. The van der Waals surface area contributed by atoms with E-state index in [0.717, 1.165) is 37.4 Å². The van der Waals surface area contributed by atoms with Gasteiger partial charge in [0.2, 0.25) is 0 Å². The zero-order chi connectivity index (χ0) is 12.8. The average Bonchev–Trinajstić information content (AvgIpc) is 2.83. The van der Waals surface area contributed by atoms with Crippen molar-refractivity contribution in [1.29, 1.82) is 0 Å². The van der Waals surface area contributed by atoms with E-state index in [2.05, 4.69) is 17.2 Å². The van der Waals surface area contributed by atoms with E-state index < -0.39 is 0 Å². The molecule has 2 heterocycles. The van der Waals surface area contributed by atoms with Gasteiger partial charge in [0, 0.05) is 12.7 Å². The first-order valence-corrected chi connectivity index (χ1v) is 6.70. The Labute approximate surface area is 109 Å². The maximum absolute atomic E-state index is 5.92. The number of nitrogens with one attached hydrogen (secondary N) is 1. The molecule has 0 aromatic carbocycles. The number of hydrogen-bond donors (Lipinski definition) is 1. The zero-order valence-corrected chi connectivity index (χ0v) is 11.2. The highest BCUT2D eigenvalue weighted by Crippen LogP contribution is 2.21. The van der Waals surface area contributed by atoms with Crippen LogP contribution >= 0.6 is 0 Å². The van der Waals surface area contributed by atoms with Gasteiger partial charge in [-0.15, -0.1) is 0 Å². The number of likely N-dealkylation sites (N-methyl/N-ethyl adjacent to an activating group) is 1. The normalized spacial score (nSPS) is 23.2. The fourth-order valence-electron chi connectivity index (χ4n) is 2.16. The van der Waals surface area contributed by atoms with Gasteiger partial charge in [-0.2, -0.15) is 0 Å². The van der Waals surface area contributed by atoms with Gasteiger partial charge in [-0.1, -0.05) is 6.92 Å². The lowest BCUT2D eigenvalue weighted by molar-refractivity contribution is 0.0186. The van der Waals surface area contributed by atoms with Crippen LogP contribution in [0.25, 0.3) is 0 Å². The molecule has 0 radical (unpaired) electrons. The van der Waals surface area contributed by atoms with Gasteiger partial charge in [0.15, 0.2) is 0 Å². The first kappa shape index (κ1) is 13.3. The van der Waals surface area contributed by atoms with Gasteiger partial charge in [-0.25, -0.2) is 0 Å². The van der Waals surface area contributed by atoms with Gasteiger partial charge in [0.1, 0.15) is 12.4 Å². The highest BCUT2D eigenvalue weighted by Gasteiger charge is 2.25. The van der Waals surface area contributed by atoms with Crippen LogP contribution in [0.2, 0.25) is 0 Å². The Morgan fingerprint density at radius 2 is 2.28 bits per heavy atom. The summed E-state index contributed by atoms with van der Waals surface area (Å²) in [5, 5.41) is 3.32. The zero-order valence-electron chi connectivity index (χ0n) is 11.2. The lowest BCUT2D eigenvalue weighted by Gasteiger charge is -2.15. The van der Waals surface area contributed by atoms with E-state index in [1.54, 1.807) is 6.20 Å². The third kappa shape index (κ3) is 3.68. The van der Waals surface area contributed by atoms with E-state index in [-0.39, 0.29) is 6.10 Å². The summed E-state index contributed by atoms with van der Waals surface area (Å²) in [5.41, 5.74) is 0.930. The summed E-state index contributed by atoms with van der Waals surface area (Å²) >= 11 is 0. The molecule has 4 nitrogen and oxygen atoms in total. The van der Waals surface area contributed by atoms with E-state index in [4.69, 9.17) is 9.47 Å². The first-order chi connectivity index (χ1) is 8.79. The smallest absolute Gasteiger partial charge is 0.140 e. The molecule has 2 atom stereocenters. The van der Waals surface area contributed by atoms with E-state index in [0.29, 0.717) is 12.7 Å². The molecule has 2 rings (SSSR count). The van der Waals surface area contributed by atoms with Crippen molar-refractivity contribution in [1.82, 2.24) is 10.3 Å². The Kier molecular flexibility index (Phi) is 4.96. The Balaban J connectivity index is 1.74. The number of nitrogens with zero attached hydrogens (tertiary/aromatic N) is 1. The predicted octanol–water partition coefficient (Wildman–Crippen LogP) is 1.93. The fraction of sp³-hybridized carbons (Fsp3) is 0.643. The van der Waals surface area contributed by atoms with E-state index in [1.165, 1.54) is 0 Å². The molecule has 1 fully saturated rings. The minimum atomic E-state index is 0.216. The molecule has 1 N–H and O–H groups in total. The molecule has 18 heavy (non-hydrogen) atoms. The molecule has 1 saturated heterocycles. The molecule has 100 valence electrons. The van der Waals surface area contributed by atoms with Gasteiger partial charge in [-0.3, -0.25) is 4.98 Å². The topological polar surface area (TPSA) is 43.4 Å². The number of rotatable bonds is 6. The van der Waals surface area contributed by atoms with E-state index in [1.807, 2.05) is 19.1 Å². The second-order valence-electron chi connectivity index (χ2n) is 4.66. The quantitative estimate of drug-likeness (QED) is 0.837. The van der Waals surface area contributed by atoms with E-state index >= 15 is 0 Å². The molecule has 0 amide bonds. The van der Waals surface area contributed by atoms with Gasteiger partial charge >= 0.3 is 0 Å². The highest BCUT2D eigenvalue weighted by molar-refractivity contribution is 5.25. The summed E-state index contributed by atoms with van der Waals surface area (Å²) in [4.78, 5) is 4.20. The van der Waals surface area contributed by atoms with Crippen molar-refractivity contribution in [3.8, 4) is 5.75 Å². The van der Waals surface area contributed by atoms with Crippen LogP contribution in [0.1, 0.15) is 25.5 Å². The summed E-state index contributed by atoms with van der Waals surface area (Å²) in [5.74, 6) is 0.858. The van der Waals surface area contributed by atoms with Crippen LogP contribution < -0.4 is 10.1 Å². The lowest BCUT2D eigenvalue weighted by Crippen LogP contribution is -2.28. The molecule has 1 aromatic heterocycles. The largest absolute Gasteiger partial charge is 0.489 e. The van der Waals surface area contributed by atoms with Crippen LogP contribution in [0.3, 0.4) is 0 Å². The van der Waals surface area contributed by atoms with Crippen molar-refractivity contribution in [2.45, 2.75) is 38.9 Å². The SMILES string of the molecule is CCNCC1CCC(COc2cccnc2C)O1. The van der Waals surface area contributed by atoms with Gasteiger partial charge in [0.05, 0.1) is 17.9 Å². The summed E-state index contributed by atoms with van der Waals surface area (Å²) in [6, 6.07) is 3.85. The van der Waals surface area contributed by atoms with Gasteiger partial charge < -0.3 is 14.8 Å². The third-order valence-corrected chi connectivity index (χ3v) is 3.20. The van der Waals surface area contributed by atoms with Crippen molar-refractivity contribution in [3.05, 3.63) is 24.0 Å². The monoisotopic (exact) mass is 250 g/mol. The van der Waals surface area contributed by atoms with Gasteiger partial charge in [0.25, 0.3) is 0 Å². The second kappa shape index (κ2) is 6.71. The second-order valence-corrected chi connectivity index (χ2v) is 4.66. The van der Waals surface area contributed by atoms with Crippen molar-refractivity contribution < 1.29 is 9.47 Å². The number of aryl methyl sites for hydroxylation is 1. The Bertz CT molecular complexity index is 371. The molecule has 0 bridgehead atoms. The van der Waals surface area contributed by atoms with Crippen molar-refractivity contribution in [2.24, 2.45) is 0 Å². The summed E-state index contributed by atoms with van der Waals surface area (Å²) < 4.78 is 11.7. The minimum Gasteiger partial charge on any atom is -0.489 e. The molecule has 1 aliphatic rings. The summed E-state index contributed by atoms with van der Waals surface area (Å²) in [7, 11) is 0. The Hall–Kier alpha value is -1.13. The molecule has 4 heteroatoms. The van der Waals surface area contributed by atoms with Crippen LogP contribution in [-0.2, 0) is 4.74 Å². The molecular formula is C14H22N2O2. The van der Waals surface area contributed by atoms with Crippen molar-refractivity contribution >= 4 is 0 Å². The maximum atomic E-state index is 5.92. The molecule has 2 unspecified atom stereocenters. The van der Waals surface area contributed by atoms with Crippen LogP contribution in [-0.4, -0.2) is 36.9 Å². The predicted molar refractivity (Wildman–Crippen MR) is 70.9 cm³/mol. The average molecular weight is 250 g/mol.